The fraction of sp³-hybridized carbons (Fsp3) is 0.471. The number of para-hydroxylation sites is 1. The molecule has 0 saturated heterocycles. The Morgan fingerprint density at radius 1 is 1.29 bits per heavy atom. The zero-order valence-corrected chi connectivity index (χ0v) is 13.2. The van der Waals surface area contributed by atoms with E-state index in [4.69, 9.17) is 4.74 Å². The molecule has 2 aromatic rings. The molecule has 2 rings (SSSR count). The highest BCUT2D eigenvalue weighted by molar-refractivity contribution is 5.36. The molecule has 0 saturated carbocycles. The van der Waals surface area contributed by atoms with Gasteiger partial charge in [-0.15, -0.1) is 0 Å². The van der Waals surface area contributed by atoms with Crippen LogP contribution in [0.5, 0.6) is 5.75 Å². The minimum absolute atomic E-state index is 0.201. The topological polar surface area (TPSA) is 39.1 Å². The van der Waals surface area contributed by atoms with Crippen LogP contribution in [0.1, 0.15) is 37.4 Å². The van der Waals surface area contributed by atoms with Gasteiger partial charge in [0.05, 0.1) is 25.4 Å². The molecular weight excluding hydrogens is 262 g/mol. The van der Waals surface area contributed by atoms with Crippen LogP contribution in [0.15, 0.2) is 36.7 Å². The highest BCUT2D eigenvalue weighted by Gasteiger charge is 2.16. The molecule has 0 radical (unpaired) electrons. The summed E-state index contributed by atoms with van der Waals surface area (Å²) in [5, 5.41) is 8.00. The first-order valence-corrected chi connectivity index (χ1v) is 7.68. The van der Waals surface area contributed by atoms with Crippen LogP contribution in [0.25, 0.3) is 0 Å². The van der Waals surface area contributed by atoms with Gasteiger partial charge >= 0.3 is 0 Å². The maximum Gasteiger partial charge on any atom is 0.124 e. The van der Waals surface area contributed by atoms with Gasteiger partial charge in [-0.25, -0.2) is 0 Å². The molecule has 21 heavy (non-hydrogen) atoms. The van der Waals surface area contributed by atoms with E-state index in [1.54, 1.807) is 0 Å². The lowest BCUT2D eigenvalue weighted by atomic mass is 10.1. The Bertz CT molecular complexity index is 550. The highest BCUT2D eigenvalue weighted by Crippen LogP contribution is 2.26. The van der Waals surface area contributed by atoms with E-state index >= 15 is 0 Å². The van der Waals surface area contributed by atoms with E-state index in [0.29, 0.717) is 6.61 Å². The van der Waals surface area contributed by atoms with Crippen LogP contribution < -0.4 is 10.1 Å². The van der Waals surface area contributed by atoms with Crippen molar-refractivity contribution in [1.29, 1.82) is 0 Å². The second-order valence-electron chi connectivity index (χ2n) is 5.22. The van der Waals surface area contributed by atoms with Crippen LogP contribution in [0, 0.1) is 6.92 Å². The van der Waals surface area contributed by atoms with Crippen molar-refractivity contribution in [3.63, 3.8) is 0 Å². The molecule has 0 fully saturated rings. The Morgan fingerprint density at radius 3 is 2.76 bits per heavy atom. The number of ether oxygens (including phenoxy) is 1. The number of nitrogens with zero attached hydrogens (tertiary/aromatic N) is 2. The van der Waals surface area contributed by atoms with Gasteiger partial charge in [-0.2, -0.15) is 5.10 Å². The van der Waals surface area contributed by atoms with Crippen molar-refractivity contribution in [2.24, 2.45) is 0 Å². The van der Waals surface area contributed by atoms with Crippen molar-refractivity contribution in [1.82, 2.24) is 15.1 Å². The third-order valence-corrected chi connectivity index (χ3v) is 3.37. The van der Waals surface area contributed by atoms with Crippen molar-refractivity contribution >= 4 is 0 Å². The highest BCUT2D eigenvalue weighted by atomic mass is 16.5. The molecule has 1 aromatic heterocycles. The van der Waals surface area contributed by atoms with Gasteiger partial charge in [0.15, 0.2) is 0 Å². The van der Waals surface area contributed by atoms with Crippen LogP contribution in [0.2, 0.25) is 0 Å². The van der Waals surface area contributed by atoms with E-state index < -0.39 is 0 Å². The Hall–Kier alpha value is -1.81. The van der Waals surface area contributed by atoms with Gasteiger partial charge in [0.1, 0.15) is 5.75 Å². The van der Waals surface area contributed by atoms with Gasteiger partial charge in [-0.1, -0.05) is 25.1 Å². The number of nitrogens with one attached hydrogen (secondary N) is 1. The molecule has 1 unspecified atom stereocenters. The summed E-state index contributed by atoms with van der Waals surface area (Å²) < 4.78 is 7.76. The van der Waals surface area contributed by atoms with Gasteiger partial charge in [-0.3, -0.25) is 4.68 Å². The Morgan fingerprint density at radius 2 is 2.10 bits per heavy atom. The largest absolute Gasteiger partial charge is 0.494 e. The number of aryl methyl sites for hydroxylation is 1. The van der Waals surface area contributed by atoms with Crippen LogP contribution in [-0.4, -0.2) is 22.9 Å². The average molecular weight is 287 g/mol. The van der Waals surface area contributed by atoms with Gasteiger partial charge in [0, 0.05) is 11.8 Å². The summed E-state index contributed by atoms with van der Waals surface area (Å²) >= 11 is 0. The van der Waals surface area contributed by atoms with Gasteiger partial charge in [0.25, 0.3) is 0 Å². The molecular formula is C17H25N3O. The lowest BCUT2D eigenvalue weighted by Crippen LogP contribution is -2.27. The Kier molecular flexibility index (Phi) is 5.81. The van der Waals surface area contributed by atoms with Gasteiger partial charge in [0.2, 0.25) is 0 Å². The van der Waals surface area contributed by atoms with Crippen molar-refractivity contribution in [2.75, 3.05) is 13.2 Å². The molecule has 4 nitrogen and oxygen atoms in total. The SMILES string of the molecule is CCCNC(Cn1cc(C)cn1)c1ccccc1OCC. The second-order valence-corrected chi connectivity index (χ2v) is 5.22. The van der Waals surface area contributed by atoms with Crippen molar-refractivity contribution in [3.05, 3.63) is 47.8 Å². The van der Waals surface area contributed by atoms with Crippen molar-refractivity contribution in [2.45, 2.75) is 39.8 Å². The molecule has 1 heterocycles. The number of rotatable bonds is 8. The average Bonchev–Trinajstić information content (AvgIpc) is 2.90. The number of aromatic nitrogens is 2. The summed E-state index contributed by atoms with van der Waals surface area (Å²) in [6, 6.07) is 8.45. The summed E-state index contributed by atoms with van der Waals surface area (Å²) in [5.41, 5.74) is 2.38. The minimum Gasteiger partial charge on any atom is -0.494 e. The smallest absolute Gasteiger partial charge is 0.124 e. The van der Waals surface area contributed by atoms with Gasteiger partial charge in [-0.05, 0) is 38.4 Å². The first-order valence-electron chi connectivity index (χ1n) is 7.68. The minimum atomic E-state index is 0.201. The molecule has 0 aliphatic carbocycles. The Balaban J connectivity index is 2.22. The molecule has 114 valence electrons. The fourth-order valence-electron chi connectivity index (χ4n) is 2.40. The second kappa shape index (κ2) is 7.84. The molecule has 0 aliphatic heterocycles. The predicted molar refractivity (Wildman–Crippen MR) is 85.6 cm³/mol. The lowest BCUT2D eigenvalue weighted by Gasteiger charge is -2.21. The molecule has 0 amide bonds. The first kappa shape index (κ1) is 15.6. The summed E-state index contributed by atoms with van der Waals surface area (Å²) in [7, 11) is 0. The van der Waals surface area contributed by atoms with Crippen LogP contribution in [0.4, 0.5) is 0 Å². The normalized spacial score (nSPS) is 12.3. The summed E-state index contributed by atoms with van der Waals surface area (Å²) in [6.07, 6.45) is 5.07. The van der Waals surface area contributed by atoms with Crippen molar-refractivity contribution in [3.8, 4) is 5.75 Å². The summed E-state index contributed by atoms with van der Waals surface area (Å²) in [6.45, 7) is 8.71. The van der Waals surface area contributed by atoms with E-state index in [2.05, 4.69) is 42.6 Å². The Labute approximate surface area is 127 Å². The van der Waals surface area contributed by atoms with Crippen LogP contribution in [-0.2, 0) is 6.54 Å². The molecule has 1 atom stereocenters. The number of hydrogen-bond donors (Lipinski definition) is 1. The lowest BCUT2D eigenvalue weighted by molar-refractivity contribution is 0.326. The quantitative estimate of drug-likeness (QED) is 0.809. The van der Waals surface area contributed by atoms with E-state index in [1.165, 1.54) is 11.1 Å². The maximum absolute atomic E-state index is 5.77. The zero-order chi connectivity index (χ0) is 15.1. The number of benzene rings is 1. The molecule has 0 spiro atoms. The zero-order valence-electron chi connectivity index (χ0n) is 13.2. The molecule has 1 aromatic carbocycles. The third-order valence-electron chi connectivity index (χ3n) is 3.37. The van der Waals surface area contributed by atoms with Crippen LogP contribution in [0.3, 0.4) is 0 Å². The predicted octanol–water partition coefficient (Wildman–Crippen LogP) is 3.33. The van der Waals surface area contributed by atoms with E-state index in [9.17, 15) is 0 Å². The molecule has 0 bridgehead atoms. The van der Waals surface area contributed by atoms with Crippen LogP contribution >= 0.6 is 0 Å². The maximum atomic E-state index is 5.77. The van der Waals surface area contributed by atoms with Gasteiger partial charge < -0.3 is 10.1 Å². The van der Waals surface area contributed by atoms with E-state index in [1.807, 2.05) is 29.9 Å². The number of hydrogen-bond acceptors (Lipinski definition) is 3. The van der Waals surface area contributed by atoms with E-state index in [-0.39, 0.29) is 6.04 Å². The molecule has 4 heteroatoms. The fourth-order valence-corrected chi connectivity index (χ4v) is 2.40. The monoisotopic (exact) mass is 287 g/mol. The first-order chi connectivity index (χ1) is 10.2. The van der Waals surface area contributed by atoms with Crippen molar-refractivity contribution < 1.29 is 4.74 Å². The standard InChI is InChI=1S/C17H25N3O/c1-4-10-18-16(13-20-12-14(3)11-19-20)15-8-6-7-9-17(15)21-5-2/h6-9,11-12,16,18H,4-5,10,13H2,1-3H3. The molecule has 1 N–H and O–H groups in total. The molecule has 0 aliphatic rings. The van der Waals surface area contributed by atoms with E-state index in [0.717, 1.165) is 25.3 Å². The third kappa shape index (κ3) is 4.33. The summed E-state index contributed by atoms with van der Waals surface area (Å²) in [4.78, 5) is 0. The summed E-state index contributed by atoms with van der Waals surface area (Å²) in [5.74, 6) is 0.956.